The molecule has 1 heteroatoms. The molecule has 0 N–H and O–H groups in total. The van der Waals surface area contributed by atoms with Gasteiger partial charge < -0.3 is 0 Å². The smallest absolute Gasteiger partial charge is 0.0655 e. The van der Waals surface area contributed by atoms with E-state index in [4.69, 9.17) is 5.26 Å². The van der Waals surface area contributed by atoms with E-state index in [-0.39, 0.29) is 0 Å². The van der Waals surface area contributed by atoms with Gasteiger partial charge in [0.25, 0.3) is 0 Å². The molecule has 92 valence electrons. The van der Waals surface area contributed by atoms with E-state index < -0.39 is 0 Å². The summed E-state index contributed by atoms with van der Waals surface area (Å²) < 4.78 is 0. The van der Waals surface area contributed by atoms with Crippen LogP contribution in [0.25, 0.3) is 0 Å². The van der Waals surface area contributed by atoms with Gasteiger partial charge in [-0.3, -0.25) is 0 Å². The Morgan fingerprint density at radius 3 is 1.75 bits per heavy atom. The van der Waals surface area contributed by atoms with Crippen molar-refractivity contribution in [1.82, 2.24) is 0 Å². The predicted molar refractivity (Wildman–Crippen MR) is 68.8 cm³/mol. The molecule has 1 nitrogen and oxygen atoms in total. The highest BCUT2D eigenvalue weighted by Gasteiger charge is 2.42. The zero-order valence-corrected chi connectivity index (χ0v) is 11.8. The highest BCUT2D eigenvalue weighted by Crippen LogP contribution is 2.50. The Morgan fingerprint density at radius 2 is 1.38 bits per heavy atom. The van der Waals surface area contributed by atoms with Crippen molar-refractivity contribution in [3.8, 4) is 6.07 Å². The van der Waals surface area contributed by atoms with Gasteiger partial charge in [-0.15, -0.1) is 0 Å². The number of hydrogen-bond acceptors (Lipinski definition) is 1. The van der Waals surface area contributed by atoms with E-state index in [1.54, 1.807) is 0 Å². The molecule has 0 heterocycles. The average molecular weight is 221 g/mol. The molecule has 0 bridgehead atoms. The van der Waals surface area contributed by atoms with Crippen LogP contribution in [0.4, 0.5) is 0 Å². The molecular formula is C15H27N. The zero-order valence-electron chi connectivity index (χ0n) is 11.8. The van der Waals surface area contributed by atoms with Crippen LogP contribution in [0.15, 0.2) is 0 Å². The second kappa shape index (κ2) is 4.40. The van der Waals surface area contributed by atoms with Gasteiger partial charge in [-0.05, 0) is 41.9 Å². The highest BCUT2D eigenvalue weighted by atomic mass is 14.5. The number of nitriles is 1. The Kier molecular flexibility index (Phi) is 3.72. The standard InChI is InChI=1S/C15H27N/c1-14(2,3)12-8-7-11(10-16)9-13(12)15(4,5)6/h11-13H,7-9H2,1-6H3. The van der Waals surface area contributed by atoms with E-state index in [2.05, 4.69) is 47.6 Å². The van der Waals surface area contributed by atoms with Crippen molar-refractivity contribution in [3.63, 3.8) is 0 Å². The molecule has 16 heavy (non-hydrogen) atoms. The summed E-state index contributed by atoms with van der Waals surface area (Å²) in [6.45, 7) is 14.0. The van der Waals surface area contributed by atoms with E-state index in [0.717, 1.165) is 18.8 Å². The minimum absolute atomic E-state index is 0.294. The van der Waals surface area contributed by atoms with E-state index in [0.29, 0.717) is 22.7 Å². The maximum Gasteiger partial charge on any atom is 0.0655 e. The molecule has 0 aromatic carbocycles. The largest absolute Gasteiger partial charge is 0.198 e. The number of nitrogens with zero attached hydrogens (tertiary/aromatic N) is 1. The van der Waals surface area contributed by atoms with Gasteiger partial charge in [-0.25, -0.2) is 0 Å². The zero-order chi connectivity index (χ0) is 12.6. The third-order valence-corrected chi connectivity index (χ3v) is 4.26. The third-order valence-electron chi connectivity index (χ3n) is 4.26. The Bertz CT molecular complexity index is 271. The van der Waals surface area contributed by atoms with Crippen LogP contribution in [0, 0.1) is 39.9 Å². The van der Waals surface area contributed by atoms with Gasteiger partial charge in [0, 0.05) is 5.92 Å². The van der Waals surface area contributed by atoms with Crippen molar-refractivity contribution in [2.75, 3.05) is 0 Å². The van der Waals surface area contributed by atoms with Gasteiger partial charge >= 0.3 is 0 Å². The van der Waals surface area contributed by atoms with Crippen LogP contribution >= 0.6 is 0 Å². The van der Waals surface area contributed by atoms with Crippen LogP contribution in [0.1, 0.15) is 60.8 Å². The Morgan fingerprint density at radius 1 is 0.875 bits per heavy atom. The Balaban J connectivity index is 2.90. The molecule has 0 aromatic heterocycles. The van der Waals surface area contributed by atoms with Crippen molar-refractivity contribution in [1.29, 1.82) is 5.26 Å². The molecule has 1 fully saturated rings. The highest BCUT2D eigenvalue weighted by molar-refractivity contribution is 4.97. The van der Waals surface area contributed by atoms with Crippen LogP contribution in [0.3, 0.4) is 0 Å². The van der Waals surface area contributed by atoms with Gasteiger partial charge in [-0.1, -0.05) is 41.5 Å². The third kappa shape index (κ3) is 3.00. The fourth-order valence-electron chi connectivity index (χ4n) is 3.28. The first-order chi connectivity index (χ1) is 7.16. The van der Waals surface area contributed by atoms with E-state index in [9.17, 15) is 0 Å². The second-order valence-corrected chi connectivity index (χ2v) is 7.58. The molecule has 1 rings (SSSR count). The first-order valence-electron chi connectivity index (χ1n) is 6.56. The second-order valence-electron chi connectivity index (χ2n) is 7.58. The topological polar surface area (TPSA) is 23.8 Å². The molecule has 0 amide bonds. The van der Waals surface area contributed by atoms with E-state index in [1.807, 2.05) is 0 Å². The molecule has 3 atom stereocenters. The molecule has 1 aliphatic carbocycles. The Labute approximate surface area is 101 Å². The number of hydrogen-bond donors (Lipinski definition) is 0. The van der Waals surface area contributed by atoms with Crippen LogP contribution in [0.5, 0.6) is 0 Å². The first kappa shape index (κ1) is 13.6. The lowest BCUT2D eigenvalue weighted by atomic mass is 9.57. The van der Waals surface area contributed by atoms with Gasteiger partial charge in [0.1, 0.15) is 0 Å². The Hall–Kier alpha value is -0.510. The molecule has 1 aliphatic rings. The van der Waals surface area contributed by atoms with E-state index in [1.165, 1.54) is 6.42 Å². The van der Waals surface area contributed by atoms with Crippen LogP contribution in [-0.4, -0.2) is 0 Å². The van der Waals surface area contributed by atoms with Gasteiger partial charge in [0.05, 0.1) is 6.07 Å². The lowest BCUT2D eigenvalue weighted by Crippen LogP contribution is -2.40. The van der Waals surface area contributed by atoms with Gasteiger partial charge in [0.15, 0.2) is 0 Å². The first-order valence-corrected chi connectivity index (χ1v) is 6.56. The van der Waals surface area contributed by atoms with Crippen LogP contribution < -0.4 is 0 Å². The normalized spacial score (nSPS) is 32.2. The van der Waals surface area contributed by atoms with Crippen molar-refractivity contribution in [2.45, 2.75) is 60.8 Å². The SMILES string of the molecule is CC(C)(C)C1CCC(C#N)CC1C(C)(C)C. The summed E-state index contributed by atoms with van der Waals surface area (Å²) >= 11 is 0. The van der Waals surface area contributed by atoms with Gasteiger partial charge in [0.2, 0.25) is 0 Å². The van der Waals surface area contributed by atoms with Crippen molar-refractivity contribution in [2.24, 2.45) is 28.6 Å². The van der Waals surface area contributed by atoms with Crippen molar-refractivity contribution >= 4 is 0 Å². The average Bonchev–Trinajstić information content (AvgIpc) is 2.14. The van der Waals surface area contributed by atoms with Gasteiger partial charge in [-0.2, -0.15) is 5.26 Å². The molecular weight excluding hydrogens is 194 g/mol. The molecule has 0 spiro atoms. The summed E-state index contributed by atoms with van der Waals surface area (Å²) in [5.74, 6) is 1.74. The lowest BCUT2D eigenvalue weighted by molar-refractivity contribution is 0.0214. The summed E-state index contributed by atoms with van der Waals surface area (Å²) in [4.78, 5) is 0. The minimum atomic E-state index is 0.294. The summed E-state index contributed by atoms with van der Waals surface area (Å²) in [7, 11) is 0. The van der Waals surface area contributed by atoms with Crippen LogP contribution in [-0.2, 0) is 0 Å². The molecule has 0 saturated heterocycles. The molecule has 0 radical (unpaired) electrons. The quantitative estimate of drug-likeness (QED) is 0.585. The monoisotopic (exact) mass is 221 g/mol. The summed E-state index contributed by atoms with van der Waals surface area (Å²) in [6.07, 6.45) is 3.43. The summed E-state index contributed by atoms with van der Waals surface area (Å²) in [5, 5.41) is 9.11. The minimum Gasteiger partial charge on any atom is -0.198 e. The molecule has 0 aliphatic heterocycles. The fourth-order valence-corrected chi connectivity index (χ4v) is 3.28. The summed E-state index contributed by atoms with van der Waals surface area (Å²) in [5.41, 5.74) is 0.700. The maximum atomic E-state index is 9.11. The van der Waals surface area contributed by atoms with Crippen LogP contribution in [0.2, 0.25) is 0 Å². The van der Waals surface area contributed by atoms with E-state index >= 15 is 0 Å². The summed E-state index contributed by atoms with van der Waals surface area (Å²) in [6, 6.07) is 2.48. The molecule has 3 unspecified atom stereocenters. The van der Waals surface area contributed by atoms with Crippen molar-refractivity contribution < 1.29 is 0 Å². The molecule has 1 saturated carbocycles. The van der Waals surface area contributed by atoms with Crippen molar-refractivity contribution in [3.05, 3.63) is 0 Å². The fraction of sp³-hybridized carbons (Fsp3) is 0.933. The predicted octanol–water partition coefficient (Wildman–Crippen LogP) is 4.63. The number of rotatable bonds is 0. The molecule has 0 aromatic rings. The lowest BCUT2D eigenvalue weighted by Gasteiger charge is -2.47. The maximum absolute atomic E-state index is 9.11.